The lowest BCUT2D eigenvalue weighted by Crippen LogP contribution is -2.28. The number of aromatic nitrogens is 1. The van der Waals surface area contributed by atoms with Crippen molar-refractivity contribution in [3.8, 4) is 11.1 Å². The number of carbonyl (C=O) groups is 1. The highest BCUT2D eigenvalue weighted by atomic mass is 35.5. The van der Waals surface area contributed by atoms with Crippen LogP contribution in [0.5, 0.6) is 0 Å². The van der Waals surface area contributed by atoms with Gasteiger partial charge in [0.2, 0.25) is 0 Å². The number of hydrogen-bond donors (Lipinski definition) is 1. The summed E-state index contributed by atoms with van der Waals surface area (Å²) in [5.74, 6) is -0.245. The van der Waals surface area contributed by atoms with Crippen molar-refractivity contribution >= 4 is 50.5 Å². The van der Waals surface area contributed by atoms with Gasteiger partial charge in [-0.25, -0.2) is 14.8 Å². The Hall–Kier alpha value is -3.26. The second-order valence-electron chi connectivity index (χ2n) is 10.5. The van der Waals surface area contributed by atoms with Crippen LogP contribution in [0.15, 0.2) is 65.4 Å². The lowest BCUT2D eigenvalue weighted by Gasteiger charge is -2.28. The van der Waals surface area contributed by atoms with Gasteiger partial charge in [-0.15, -0.1) is 11.3 Å². The molecule has 0 saturated carbocycles. The van der Waals surface area contributed by atoms with Crippen LogP contribution in [0.1, 0.15) is 56.9 Å². The van der Waals surface area contributed by atoms with E-state index >= 15 is 0 Å². The third-order valence-electron chi connectivity index (χ3n) is 6.20. The van der Waals surface area contributed by atoms with Crippen molar-refractivity contribution in [1.29, 1.82) is 0 Å². The van der Waals surface area contributed by atoms with Crippen LogP contribution < -0.4 is 0 Å². The Balaban J connectivity index is 1.92. The first-order valence-electron chi connectivity index (χ1n) is 12.2. The zero-order valence-corrected chi connectivity index (χ0v) is 24.3. The van der Waals surface area contributed by atoms with E-state index in [9.17, 15) is 9.90 Å². The van der Waals surface area contributed by atoms with Gasteiger partial charge in [-0.05, 0) is 76.4 Å². The Kier molecular flexibility index (Phi) is 7.66. The van der Waals surface area contributed by atoms with Crippen LogP contribution in [0.2, 0.25) is 5.02 Å². The van der Waals surface area contributed by atoms with E-state index in [0.29, 0.717) is 10.6 Å². The maximum atomic E-state index is 12.5. The van der Waals surface area contributed by atoms with Crippen molar-refractivity contribution in [2.45, 2.75) is 53.2 Å². The van der Waals surface area contributed by atoms with E-state index in [4.69, 9.17) is 21.3 Å². The fourth-order valence-corrected chi connectivity index (χ4v) is 5.62. The van der Waals surface area contributed by atoms with Crippen LogP contribution >= 0.6 is 22.9 Å². The number of aliphatic carboxylic acids is 1. The van der Waals surface area contributed by atoms with Crippen LogP contribution in [-0.4, -0.2) is 39.4 Å². The van der Waals surface area contributed by atoms with E-state index in [1.807, 2.05) is 77.9 Å². The predicted octanol–water partition coefficient (Wildman–Crippen LogP) is 8.03. The number of amidine groups is 1. The summed E-state index contributed by atoms with van der Waals surface area (Å²) in [6.45, 7) is 15.6. The monoisotopic (exact) mass is 549 g/mol. The van der Waals surface area contributed by atoms with Crippen molar-refractivity contribution in [2.75, 3.05) is 7.05 Å². The van der Waals surface area contributed by atoms with Gasteiger partial charge in [-0.1, -0.05) is 30.3 Å². The number of ether oxygens (including phenoxy) is 1. The Morgan fingerprint density at radius 1 is 1.26 bits per heavy atom. The number of carboxylic acids is 1. The highest BCUT2D eigenvalue weighted by Crippen LogP contribution is 2.43. The van der Waals surface area contributed by atoms with Gasteiger partial charge in [0, 0.05) is 46.7 Å². The highest BCUT2D eigenvalue weighted by Gasteiger charge is 2.32. The standard InChI is InChI=1S/C30H32ClN3O3S/c1-16-13-22-26(38-28(33-22)17(2)14-32-27-19(4)18(3)15-34(27)8)24(20-9-11-21(31)12-10-20)23(16)25(29(35)36)37-30(5,6)7/h9-15,25H,4H2,1-3,5-8H3,(H,35,36). The Morgan fingerprint density at radius 3 is 2.47 bits per heavy atom. The Morgan fingerprint density at radius 2 is 1.92 bits per heavy atom. The van der Waals surface area contributed by atoms with Crippen LogP contribution in [0.4, 0.5) is 0 Å². The van der Waals surface area contributed by atoms with Gasteiger partial charge in [0.1, 0.15) is 10.8 Å². The fourth-order valence-electron chi connectivity index (χ4n) is 4.41. The van der Waals surface area contributed by atoms with E-state index < -0.39 is 17.7 Å². The lowest BCUT2D eigenvalue weighted by atomic mass is 9.91. The predicted molar refractivity (Wildman–Crippen MR) is 158 cm³/mol. The third-order valence-corrected chi connectivity index (χ3v) is 7.68. The quantitative estimate of drug-likeness (QED) is 0.337. The summed E-state index contributed by atoms with van der Waals surface area (Å²) in [7, 11) is 1.95. The first kappa shape index (κ1) is 27.8. The molecule has 2 aromatic carbocycles. The molecule has 2 heterocycles. The smallest absolute Gasteiger partial charge is 0.337 e. The molecule has 0 bridgehead atoms. The second kappa shape index (κ2) is 10.5. The summed E-state index contributed by atoms with van der Waals surface area (Å²) in [6.07, 6.45) is 2.65. The minimum Gasteiger partial charge on any atom is -0.479 e. The normalized spacial score (nSPS) is 16.5. The molecule has 0 spiro atoms. The molecule has 1 aromatic heterocycles. The van der Waals surface area contributed by atoms with Gasteiger partial charge in [-0.3, -0.25) is 0 Å². The molecule has 1 atom stereocenters. The largest absolute Gasteiger partial charge is 0.479 e. The van der Waals surface area contributed by atoms with Crippen molar-refractivity contribution < 1.29 is 14.6 Å². The molecule has 0 aliphatic carbocycles. The molecule has 1 unspecified atom stereocenters. The molecule has 0 radical (unpaired) electrons. The fraction of sp³-hybridized carbons (Fsp3) is 0.300. The highest BCUT2D eigenvalue weighted by molar-refractivity contribution is 7.20. The van der Waals surface area contributed by atoms with Crippen molar-refractivity contribution in [3.05, 3.63) is 81.6 Å². The number of rotatable bonds is 6. The number of likely N-dealkylation sites (N-methyl/N-ethyl adjacent to an activating group) is 1. The van der Waals surface area contributed by atoms with E-state index in [0.717, 1.165) is 54.5 Å². The Bertz CT molecular complexity index is 1520. The topological polar surface area (TPSA) is 75.0 Å². The number of fused-ring (bicyclic) bond motifs is 1. The average molecular weight is 550 g/mol. The number of thiazole rings is 1. The zero-order chi connectivity index (χ0) is 27.9. The van der Waals surface area contributed by atoms with Crippen LogP contribution in [0.25, 0.3) is 26.9 Å². The van der Waals surface area contributed by atoms with Crippen molar-refractivity contribution in [1.82, 2.24) is 9.88 Å². The molecule has 0 fully saturated rings. The van der Waals surface area contributed by atoms with Crippen molar-refractivity contribution in [3.63, 3.8) is 0 Å². The SMILES string of the molecule is C=C1C(C)=CN(C)C1=NC=C(C)c1nc2cc(C)c(C(OC(C)(C)C)C(=O)O)c(-c3ccc(Cl)cc3)c2s1. The van der Waals surface area contributed by atoms with E-state index in [1.54, 1.807) is 18.3 Å². The molecule has 38 heavy (non-hydrogen) atoms. The van der Waals surface area contributed by atoms with Crippen LogP contribution in [0, 0.1) is 6.92 Å². The molecule has 4 rings (SSSR count). The molecule has 3 aromatic rings. The molecule has 1 N–H and O–H groups in total. The molecule has 198 valence electrons. The average Bonchev–Trinajstić information content (AvgIpc) is 3.35. The summed E-state index contributed by atoms with van der Waals surface area (Å²) in [4.78, 5) is 24.1. The number of nitrogens with zero attached hydrogens (tertiary/aromatic N) is 3. The zero-order valence-electron chi connectivity index (χ0n) is 22.7. The minimum absolute atomic E-state index is 0.603. The van der Waals surface area contributed by atoms with E-state index in [1.165, 1.54) is 11.3 Å². The molecule has 6 nitrogen and oxygen atoms in total. The van der Waals surface area contributed by atoms with Gasteiger partial charge in [0.05, 0.1) is 15.8 Å². The Labute approximate surface area is 232 Å². The third kappa shape index (κ3) is 5.60. The van der Waals surface area contributed by atoms with Crippen LogP contribution in [0.3, 0.4) is 0 Å². The number of halogens is 1. The number of hydrogen-bond acceptors (Lipinski definition) is 5. The molecular formula is C30H32ClN3O3S. The lowest BCUT2D eigenvalue weighted by molar-refractivity contribution is -0.160. The molecular weight excluding hydrogens is 518 g/mol. The van der Waals surface area contributed by atoms with E-state index in [-0.39, 0.29) is 0 Å². The molecule has 1 aliphatic rings. The first-order valence-corrected chi connectivity index (χ1v) is 13.4. The van der Waals surface area contributed by atoms with Crippen LogP contribution in [-0.2, 0) is 9.53 Å². The summed E-state index contributed by atoms with van der Waals surface area (Å²) >= 11 is 7.70. The van der Waals surface area contributed by atoms with Gasteiger partial charge in [-0.2, -0.15) is 0 Å². The maximum absolute atomic E-state index is 12.5. The number of carboxylic acid groups (broad SMARTS) is 1. The molecule has 0 saturated heterocycles. The maximum Gasteiger partial charge on any atom is 0.337 e. The number of aliphatic imine (C=N–C) groups is 1. The summed E-state index contributed by atoms with van der Waals surface area (Å²) in [6, 6.07) is 9.35. The van der Waals surface area contributed by atoms with Gasteiger partial charge in [0.15, 0.2) is 6.10 Å². The summed E-state index contributed by atoms with van der Waals surface area (Å²) in [5.41, 5.74) is 6.05. The minimum atomic E-state index is -1.15. The molecule has 0 amide bonds. The number of allylic oxidation sites excluding steroid dienone is 1. The number of benzene rings is 2. The van der Waals surface area contributed by atoms with Gasteiger partial charge < -0.3 is 14.7 Å². The second-order valence-corrected chi connectivity index (χ2v) is 11.9. The first-order chi connectivity index (χ1) is 17.8. The molecule has 1 aliphatic heterocycles. The van der Waals surface area contributed by atoms with Gasteiger partial charge in [0.25, 0.3) is 0 Å². The van der Waals surface area contributed by atoms with Gasteiger partial charge >= 0.3 is 5.97 Å². The summed E-state index contributed by atoms with van der Waals surface area (Å²) in [5, 5.41) is 11.6. The summed E-state index contributed by atoms with van der Waals surface area (Å²) < 4.78 is 6.97. The molecule has 8 heteroatoms. The van der Waals surface area contributed by atoms with E-state index in [2.05, 4.69) is 11.6 Å². The number of aryl methyl sites for hydroxylation is 1. The van der Waals surface area contributed by atoms with Crippen molar-refractivity contribution in [2.24, 2.45) is 4.99 Å².